The molecule has 0 aliphatic rings. The molecule has 0 saturated carbocycles. The molecule has 0 aliphatic heterocycles. The Hall–Kier alpha value is -2.85. The highest BCUT2D eigenvalue weighted by molar-refractivity contribution is 6.31. The molecule has 5 heteroatoms. The summed E-state index contributed by atoms with van der Waals surface area (Å²) in [5.74, 6) is -0.613. The minimum absolute atomic E-state index is 0.147. The second-order valence-corrected chi connectivity index (χ2v) is 5.71. The number of hydrogen-bond acceptors (Lipinski definition) is 3. The molecule has 3 aromatic carbocycles. The number of rotatable bonds is 5. The number of benzene rings is 3. The molecule has 0 radical (unpaired) electrons. The first kappa shape index (κ1) is 16.0. The van der Waals surface area contributed by atoms with E-state index in [-0.39, 0.29) is 23.7 Å². The monoisotopic (exact) mass is 339 g/mol. The quantitative estimate of drug-likeness (QED) is 0.718. The van der Waals surface area contributed by atoms with Crippen molar-refractivity contribution in [1.82, 2.24) is 0 Å². The fourth-order valence-electron chi connectivity index (χ4n) is 2.41. The number of hydrogen-bond donors (Lipinski definition) is 1. The van der Waals surface area contributed by atoms with Crippen molar-refractivity contribution in [3.8, 4) is 5.75 Å². The standard InChI is InChI=1S/C19H14ClNO3/c20-15-7-8-18(16(10-15)19(21)23)24-11-17(22)14-6-5-12-3-1-2-4-13(12)9-14/h1-10H,11H2,(H2,21,23). The largest absolute Gasteiger partial charge is 0.485 e. The topological polar surface area (TPSA) is 69.4 Å². The van der Waals surface area contributed by atoms with Crippen LogP contribution < -0.4 is 10.5 Å². The van der Waals surface area contributed by atoms with E-state index >= 15 is 0 Å². The number of halogens is 1. The number of ketones is 1. The lowest BCUT2D eigenvalue weighted by atomic mass is 10.0. The molecule has 120 valence electrons. The van der Waals surface area contributed by atoms with Gasteiger partial charge in [0.05, 0.1) is 5.56 Å². The lowest BCUT2D eigenvalue weighted by Crippen LogP contribution is -2.16. The maximum Gasteiger partial charge on any atom is 0.252 e. The minimum atomic E-state index is -0.661. The van der Waals surface area contributed by atoms with Crippen molar-refractivity contribution in [3.05, 3.63) is 76.8 Å². The van der Waals surface area contributed by atoms with E-state index in [4.69, 9.17) is 22.1 Å². The average Bonchev–Trinajstić information content (AvgIpc) is 2.59. The van der Waals surface area contributed by atoms with Crippen LogP contribution in [0.5, 0.6) is 5.75 Å². The number of primary amides is 1. The van der Waals surface area contributed by atoms with E-state index in [1.165, 1.54) is 12.1 Å². The molecule has 0 spiro atoms. The number of fused-ring (bicyclic) bond motifs is 1. The first-order chi connectivity index (χ1) is 11.5. The zero-order valence-electron chi connectivity index (χ0n) is 12.7. The molecule has 0 unspecified atom stereocenters. The Morgan fingerprint density at radius 2 is 1.71 bits per heavy atom. The SMILES string of the molecule is NC(=O)c1cc(Cl)ccc1OCC(=O)c1ccc2ccccc2c1. The summed E-state index contributed by atoms with van der Waals surface area (Å²) in [6.07, 6.45) is 0. The van der Waals surface area contributed by atoms with Crippen molar-refractivity contribution in [2.45, 2.75) is 0 Å². The van der Waals surface area contributed by atoms with E-state index in [0.717, 1.165) is 10.8 Å². The van der Waals surface area contributed by atoms with E-state index in [1.807, 2.05) is 36.4 Å². The van der Waals surface area contributed by atoms with Crippen LogP contribution in [0.3, 0.4) is 0 Å². The van der Waals surface area contributed by atoms with Gasteiger partial charge in [0.25, 0.3) is 5.91 Å². The van der Waals surface area contributed by atoms with Crippen molar-refractivity contribution in [2.24, 2.45) is 5.73 Å². The van der Waals surface area contributed by atoms with E-state index < -0.39 is 5.91 Å². The summed E-state index contributed by atoms with van der Waals surface area (Å²) in [5.41, 5.74) is 5.99. The van der Waals surface area contributed by atoms with Crippen molar-refractivity contribution in [3.63, 3.8) is 0 Å². The van der Waals surface area contributed by atoms with Crippen LogP contribution in [-0.4, -0.2) is 18.3 Å². The summed E-state index contributed by atoms with van der Waals surface area (Å²) in [5, 5.41) is 2.41. The van der Waals surface area contributed by atoms with Crippen molar-refractivity contribution in [2.75, 3.05) is 6.61 Å². The van der Waals surface area contributed by atoms with Gasteiger partial charge in [0.2, 0.25) is 0 Å². The first-order valence-corrected chi connectivity index (χ1v) is 7.66. The smallest absolute Gasteiger partial charge is 0.252 e. The Morgan fingerprint density at radius 3 is 2.46 bits per heavy atom. The third-order valence-electron chi connectivity index (χ3n) is 3.64. The lowest BCUT2D eigenvalue weighted by Gasteiger charge is -2.10. The van der Waals surface area contributed by atoms with Gasteiger partial charge in [-0.2, -0.15) is 0 Å². The van der Waals surface area contributed by atoms with E-state index in [0.29, 0.717) is 10.6 Å². The van der Waals surface area contributed by atoms with Gasteiger partial charge in [0, 0.05) is 10.6 Å². The summed E-state index contributed by atoms with van der Waals surface area (Å²) < 4.78 is 5.47. The molecule has 0 aromatic heterocycles. The Morgan fingerprint density at radius 1 is 0.958 bits per heavy atom. The van der Waals surface area contributed by atoms with Gasteiger partial charge in [0.1, 0.15) is 5.75 Å². The highest BCUT2D eigenvalue weighted by Gasteiger charge is 2.13. The van der Waals surface area contributed by atoms with Gasteiger partial charge in [0.15, 0.2) is 12.4 Å². The molecule has 3 aromatic rings. The molecule has 4 nitrogen and oxygen atoms in total. The molecule has 2 N–H and O–H groups in total. The highest BCUT2D eigenvalue weighted by atomic mass is 35.5. The third-order valence-corrected chi connectivity index (χ3v) is 3.87. The molecule has 0 heterocycles. The fraction of sp³-hybridized carbons (Fsp3) is 0.0526. The van der Waals surface area contributed by atoms with Crippen molar-refractivity contribution >= 4 is 34.1 Å². The van der Waals surface area contributed by atoms with Gasteiger partial charge in [-0.1, -0.05) is 48.0 Å². The second kappa shape index (κ2) is 6.72. The predicted molar refractivity (Wildman–Crippen MR) is 93.7 cm³/mol. The Labute approximate surface area is 143 Å². The predicted octanol–water partition coefficient (Wildman–Crippen LogP) is 3.85. The van der Waals surface area contributed by atoms with Crippen LogP contribution in [0, 0.1) is 0 Å². The molecular weight excluding hydrogens is 326 g/mol. The van der Waals surface area contributed by atoms with Gasteiger partial charge >= 0.3 is 0 Å². The van der Waals surface area contributed by atoms with E-state index in [9.17, 15) is 9.59 Å². The van der Waals surface area contributed by atoms with E-state index in [1.54, 1.807) is 12.1 Å². The maximum absolute atomic E-state index is 12.3. The van der Waals surface area contributed by atoms with Crippen LogP contribution in [0.1, 0.15) is 20.7 Å². The molecular formula is C19H14ClNO3. The lowest BCUT2D eigenvalue weighted by molar-refractivity contribution is 0.0912. The number of ether oxygens (including phenoxy) is 1. The molecule has 24 heavy (non-hydrogen) atoms. The normalized spacial score (nSPS) is 10.5. The highest BCUT2D eigenvalue weighted by Crippen LogP contribution is 2.23. The summed E-state index contributed by atoms with van der Waals surface area (Å²) in [7, 11) is 0. The Balaban J connectivity index is 1.79. The Kier molecular flexibility index (Phi) is 4.49. The molecule has 0 bridgehead atoms. The summed E-state index contributed by atoms with van der Waals surface area (Å²) in [6.45, 7) is -0.194. The molecule has 0 aliphatic carbocycles. The molecule has 0 saturated heterocycles. The number of carbonyl (C=O) groups is 2. The van der Waals surface area contributed by atoms with Crippen LogP contribution in [0.2, 0.25) is 5.02 Å². The zero-order valence-corrected chi connectivity index (χ0v) is 13.4. The minimum Gasteiger partial charge on any atom is -0.485 e. The van der Waals surface area contributed by atoms with Crippen LogP contribution in [0.15, 0.2) is 60.7 Å². The van der Waals surface area contributed by atoms with Gasteiger partial charge in [-0.05, 0) is 35.0 Å². The van der Waals surface area contributed by atoms with Crippen LogP contribution >= 0.6 is 11.6 Å². The van der Waals surface area contributed by atoms with Gasteiger partial charge in [-0.25, -0.2) is 0 Å². The Bertz CT molecular complexity index is 937. The van der Waals surface area contributed by atoms with Gasteiger partial charge < -0.3 is 10.5 Å². The zero-order chi connectivity index (χ0) is 17.1. The van der Waals surface area contributed by atoms with Crippen LogP contribution in [0.25, 0.3) is 10.8 Å². The molecule has 0 atom stereocenters. The number of nitrogens with two attached hydrogens (primary N) is 1. The van der Waals surface area contributed by atoms with Crippen LogP contribution in [-0.2, 0) is 0 Å². The number of amides is 1. The molecule has 3 rings (SSSR count). The number of Topliss-reactive ketones (excluding diaryl/α,β-unsaturated/α-hetero) is 1. The van der Waals surface area contributed by atoms with Crippen molar-refractivity contribution < 1.29 is 14.3 Å². The summed E-state index contributed by atoms with van der Waals surface area (Å²) in [4.78, 5) is 23.8. The van der Waals surface area contributed by atoms with Crippen LogP contribution in [0.4, 0.5) is 0 Å². The van der Waals surface area contributed by atoms with Crippen molar-refractivity contribution in [1.29, 1.82) is 0 Å². The fourth-order valence-corrected chi connectivity index (χ4v) is 2.58. The van der Waals surface area contributed by atoms with E-state index in [2.05, 4.69) is 0 Å². The summed E-state index contributed by atoms with van der Waals surface area (Å²) >= 11 is 5.84. The molecule has 0 fully saturated rings. The second-order valence-electron chi connectivity index (χ2n) is 5.28. The van der Waals surface area contributed by atoms with Gasteiger partial charge in [-0.15, -0.1) is 0 Å². The average molecular weight is 340 g/mol. The molecule has 1 amide bonds. The van der Waals surface area contributed by atoms with Gasteiger partial charge in [-0.3, -0.25) is 9.59 Å². The number of carbonyl (C=O) groups excluding carboxylic acids is 2. The summed E-state index contributed by atoms with van der Waals surface area (Å²) in [6, 6.07) is 17.8. The third kappa shape index (κ3) is 3.39. The first-order valence-electron chi connectivity index (χ1n) is 7.29. The maximum atomic E-state index is 12.3.